The standard InChI is InChI=1S/C15H17BN2O2/c16-11-2-3-14-12(8-11)13(18-10-17)9-15(20-14)4-1-6-19-7-5-15/h2-3,8H,1,4-7,9,16H2/b18-13+. The lowest BCUT2D eigenvalue weighted by Crippen LogP contribution is -2.42. The van der Waals surface area contributed by atoms with Crippen LogP contribution in [0.1, 0.15) is 31.2 Å². The van der Waals surface area contributed by atoms with Gasteiger partial charge in [-0.05, 0) is 18.9 Å². The normalized spacial score (nSPS) is 27.4. The summed E-state index contributed by atoms with van der Waals surface area (Å²) in [5, 5.41) is 8.95. The Morgan fingerprint density at radius 1 is 1.30 bits per heavy atom. The van der Waals surface area contributed by atoms with Crippen LogP contribution in [0.15, 0.2) is 23.2 Å². The van der Waals surface area contributed by atoms with E-state index in [2.05, 4.69) is 4.99 Å². The molecule has 1 aromatic rings. The van der Waals surface area contributed by atoms with Crippen LogP contribution in [-0.2, 0) is 4.74 Å². The summed E-state index contributed by atoms with van der Waals surface area (Å²) in [5.74, 6) is 0.845. The molecule has 20 heavy (non-hydrogen) atoms. The van der Waals surface area contributed by atoms with Crippen LogP contribution < -0.4 is 10.2 Å². The van der Waals surface area contributed by atoms with Crippen LogP contribution in [0.25, 0.3) is 0 Å². The van der Waals surface area contributed by atoms with Crippen molar-refractivity contribution in [2.45, 2.75) is 31.3 Å². The molecule has 1 unspecified atom stereocenters. The number of aliphatic imine (C=N–C) groups is 1. The van der Waals surface area contributed by atoms with E-state index in [-0.39, 0.29) is 5.60 Å². The van der Waals surface area contributed by atoms with Crippen molar-refractivity contribution in [1.29, 1.82) is 5.26 Å². The second-order valence-electron chi connectivity index (χ2n) is 5.59. The smallest absolute Gasteiger partial charge is 0.205 e. The molecule has 0 aliphatic carbocycles. The van der Waals surface area contributed by atoms with Crippen molar-refractivity contribution in [2.24, 2.45) is 4.99 Å². The summed E-state index contributed by atoms with van der Waals surface area (Å²) >= 11 is 0. The summed E-state index contributed by atoms with van der Waals surface area (Å²) in [6.45, 7) is 1.50. The highest BCUT2D eigenvalue weighted by atomic mass is 16.5. The molecule has 1 fully saturated rings. The van der Waals surface area contributed by atoms with Crippen LogP contribution in [0, 0.1) is 11.5 Å². The molecule has 1 spiro atoms. The Kier molecular flexibility index (Phi) is 3.50. The Labute approximate surface area is 119 Å². The zero-order chi connectivity index (χ0) is 14.0. The molecule has 0 bridgehead atoms. The first-order chi connectivity index (χ1) is 9.72. The number of benzene rings is 1. The number of nitrogens with zero attached hydrogens (tertiary/aromatic N) is 2. The molecule has 0 N–H and O–H groups in total. The monoisotopic (exact) mass is 268 g/mol. The Balaban J connectivity index is 2.03. The molecule has 1 aromatic carbocycles. The average molecular weight is 268 g/mol. The zero-order valence-corrected chi connectivity index (χ0v) is 11.7. The van der Waals surface area contributed by atoms with Crippen LogP contribution in [0.4, 0.5) is 0 Å². The van der Waals surface area contributed by atoms with Crippen molar-refractivity contribution in [3.8, 4) is 11.9 Å². The van der Waals surface area contributed by atoms with E-state index in [9.17, 15) is 0 Å². The van der Waals surface area contributed by atoms with Gasteiger partial charge in [-0.3, -0.25) is 0 Å². The highest BCUT2D eigenvalue weighted by Crippen LogP contribution is 2.38. The highest BCUT2D eigenvalue weighted by Gasteiger charge is 2.39. The molecule has 102 valence electrons. The Hall–Kier alpha value is -1.80. The summed E-state index contributed by atoms with van der Waals surface area (Å²) < 4.78 is 11.8. The molecule has 0 aromatic heterocycles. The van der Waals surface area contributed by atoms with Crippen molar-refractivity contribution in [3.05, 3.63) is 23.8 Å². The van der Waals surface area contributed by atoms with Gasteiger partial charge < -0.3 is 9.47 Å². The minimum atomic E-state index is -0.256. The van der Waals surface area contributed by atoms with Gasteiger partial charge in [0.1, 0.15) is 19.2 Å². The van der Waals surface area contributed by atoms with E-state index in [0.717, 1.165) is 48.4 Å². The Bertz CT molecular complexity index is 584. The number of ether oxygens (including phenoxy) is 2. The largest absolute Gasteiger partial charge is 0.486 e. The van der Waals surface area contributed by atoms with E-state index < -0.39 is 0 Å². The van der Waals surface area contributed by atoms with E-state index in [0.29, 0.717) is 13.0 Å². The van der Waals surface area contributed by atoms with Crippen molar-refractivity contribution in [2.75, 3.05) is 13.2 Å². The number of hydrogen-bond acceptors (Lipinski definition) is 4. The Morgan fingerprint density at radius 3 is 3.05 bits per heavy atom. The fraction of sp³-hybridized carbons (Fsp3) is 0.467. The van der Waals surface area contributed by atoms with E-state index in [4.69, 9.17) is 14.7 Å². The van der Waals surface area contributed by atoms with Crippen molar-refractivity contribution >= 4 is 19.0 Å². The molecule has 2 aliphatic heterocycles. The fourth-order valence-electron chi connectivity index (χ4n) is 3.05. The SMILES string of the molecule is Bc1ccc2c(c1)/C(=N/C#N)CC1(CCCOCC1)O2. The lowest BCUT2D eigenvalue weighted by Gasteiger charge is -2.38. The minimum Gasteiger partial charge on any atom is -0.486 e. The zero-order valence-electron chi connectivity index (χ0n) is 11.7. The van der Waals surface area contributed by atoms with Gasteiger partial charge in [-0.2, -0.15) is 10.3 Å². The fourth-order valence-corrected chi connectivity index (χ4v) is 3.05. The number of nitriles is 1. The summed E-state index contributed by atoms with van der Waals surface area (Å²) in [5.41, 5.74) is 2.70. The summed E-state index contributed by atoms with van der Waals surface area (Å²) in [6, 6.07) is 6.07. The van der Waals surface area contributed by atoms with E-state index >= 15 is 0 Å². The van der Waals surface area contributed by atoms with Crippen LogP contribution >= 0.6 is 0 Å². The number of fused-ring (bicyclic) bond motifs is 1. The molecule has 2 aliphatic rings. The first-order valence-corrected chi connectivity index (χ1v) is 7.06. The van der Waals surface area contributed by atoms with E-state index in [1.807, 2.05) is 32.2 Å². The lowest BCUT2D eigenvalue weighted by atomic mass is 9.82. The van der Waals surface area contributed by atoms with Gasteiger partial charge in [-0.1, -0.05) is 17.6 Å². The molecule has 1 atom stereocenters. The van der Waals surface area contributed by atoms with Crippen molar-refractivity contribution < 1.29 is 9.47 Å². The molecule has 2 heterocycles. The first kappa shape index (κ1) is 13.2. The number of hydrogen-bond donors (Lipinski definition) is 0. The minimum absolute atomic E-state index is 0.256. The molecule has 1 saturated heterocycles. The molecule has 4 nitrogen and oxygen atoms in total. The van der Waals surface area contributed by atoms with Gasteiger partial charge in [0.05, 0.1) is 12.3 Å². The first-order valence-electron chi connectivity index (χ1n) is 7.06. The predicted molar refractivity (Wildman–Crippen MR) is 79.4 cm³/mol. The van der Waals surface area contributed by atoms with Crippen molar-refractivity contribution in [1.82, 2.24) is 0 Å². The molecule has 0 saturated carbocycles. The van der Waals surface area contributed by atoms with E-state index in [1.165, 1.54) is 0 Å². The molecular weight excluding hydrogens is 251 g/mol. The van der Waals surface area contributed by atoms with E-state index in [1.54, 1.807) is 0 Å². The lowest BCUT2D eigenvalue weighted by molar-refractivity contribution is 0.0454. The third kappa shape index (κ3) is 2.44. The van der Waals surface area contributed by atoms with Gasteiger partial charge >= 0.3 is 0 Å². The molecular formula is C15H17BN2O2. The van der Waals surface area contributed by atoms with Gasteiger partial charge in [0.15, 0.2) is 0 Å². The third-order valence-electron chi connectivity index (χ3n) is 4.07. The van der Waals surface area contributed by atoms with Crippen LogP contribution in [0.2, 0.25) is 0 Å². The van der Waals surface area contributed by atoms with Crippen LogP contribution in [0.3, 0.4) is 0 Å². The Morgan fingerprint density at radius 2 is 2.20 bits per heavy atom. The van der Waals surface area contributed by atoms with Gasteiger partial charge in [0, 0.05) is 25.0 Å². The predicted octanol–water partition coefficient (Wildman–Crippen LogP) is 0.937. The van der Waals surface area contributed by atoms with Gasteiger partial charge in [0.25, 0.3) is 0 Å². The topological polar surface area (TPSA) is 54.6 Å². The van der Waals surface area contributed by atoms with Gasteiger partial charge in [0.2, 0.25) is 6.19 Å². The summed E-state index contributed by atoms with van der Waals surface area (Å²) in [6.07, 6.45) is 5.42. The molecule has 0 amide bonds. The summed E-state index contributed by atoms with van der Waals surface area (Å²) in [4.78, 5) is 4.05. The second-order valence-corrected chi connectivity index (χ2v) is 5.59. The van der Waals surface area contributed by atoms with Crippen molar-refractivity contribution in [3.63, 3.8) is 0 Å². The number of rotatable bonds is 0. The quantitative estimate of drug-likeness (QED) is 0.519. The van der Waals surface area contributed by atoms with Crippen LogP contribution in [0.5, 0.6) is 5.75 Å². The third-order valence-corrected chi connectivity index (χ3v) is 4.07. The highest BCUT2D eigenvalue weighted by molar-refractivity contribution is 6.33. The maximum absolute atomic E-state index is 8.95. The maximum Gasteiger partial charge on any atom is 0.205 e. The summed E-state index contributed by atoms with van der Waals surface area (Å²) in [7, 11) is 2.04. The molecule has 0 radical (unpaired) electrons. The van der Waals surface area contributed by atoms with Gasteiger partial charge in [-0.15, -0.1) is 0 Å². The molecule has 5 heteroatoms. The average Bonchev–Trinajstić information content (AvgIpc) is 2.66. The maximum atomic E-state index is 8.95. The molecule has 3 rings (SSSR count). The van der Waals surface area contributed by atoms with Gasteiger partial charge in [-0.25, -0.2) is 0 Å². The second kappa shape index (κ2) is 5.30. The van der Waals surface area contributed by atoms with Crippen LogP contribution in [-0.4, -0.2) is 32.4 Å².